The fourth-order valence-corrected chi connectivity index (χ4v) is 3.55. The van der Waals surface area contributed by atoms with Crippen LogP contribution in [-0.2, 0) is 0 Å². The van der Waals surface area contributed by atoms with Crippen LogP contribution in [0.4, 0.5) is 5.95 Å². The van der Waals surface area contributed by atoms with Gasteiger partial charge in [-0.1, -0.05) is 25.6 Å². The molecule has 0 saturated heterocycles. The third-order valence-electron chi connectivity index (χ3n) is 3.06. The number of thioether (sulfide) groups is 1. The molecule has 1 fully saturated rings. The highest BCUT2D eigenvalue weighted by Crippen LogP contribution is 2.31. The Morgan fingerprint density at radius 2 is 2.44 bits per heavy atom. The van der Waals surface area contributed by atoms with E-state index in [0.717, 1.165) is 5.75 Å². The molecule has 1 aliphatic carbocycles. The van der Waals surface area contributed by atoms with Gasteiger partial charge in [0.05, 0.1) is 0 Å². The standard InChI is InChI=1S/C12H18N4S2/c1-2-18-10-5-3-4-8(10)15-12-14-7-6-9(16-12)11(13)17/h6-8,10H,2-5H2,1H3,(H2,13,17)(H,14,15,16). The lowest BCUT2D eigenvalue weighted by Gasteiger charge is -2.20. The molecule has 1 saturated carbocycles. The summed E-state index contributed by atoms with van der Waals surface area (Å²) in [4.78, 5) is 8.88. The molecular formula is C12H18N4S2. The van der Waals surface area contributed by atoms with Crippen molar-refractivity contribution in [2.75, 3.05) is 11.1 Å². The van der Waals surface area contributed by atoms with E-state index in [9.17, 15) is 0 Å². The number of anilines is 1. The minimum atomic E-state index is 0.311. The molecule has 2 unspecified atom stereocenters. The average Bonchev–Trinajstić information content (AvgIpc) is 2.77. The molecule has 3 N–H and O–H groups in total. The largest absolute Gasteiger partial charge is 0.388 e. The van der Waals surface area contributed by atoms with Crippen LogP contribution in [0.25, 0.3) is 0 Å². The fraction of sp³-hybridized carbons (Fsp3) is 0.583. The van der Waals surface area contributed by atoms with E-state index in [-0.39, 0.29) is 0 Å². The quantitative estimate of drug-likeness (QED) is 0.807. The summed E-state index contributed by atoms with van der Waals surface area (Å²) >= 11 is 6.93. The van der Waals surface area contributed by atoms with Crippen molar-refractivity contribution in [1.29, 1.82) is 0 Å². The van der Waals surface area contributed by atoms with Crippen molar-refractivity contribution >= 4 is 34.9 Å². The number of hydrogen-bond donors (Lipinski definition) is 2. The highest BCUT2D eigenvalue weighted by Gasteiger charge is 2.27. The van der Waals surface area contributed by atoms with Gasteiger partial charge in [0, 0.05) is 17.5 Å². The molecule has 1 aromatic heterocycles. The van der Waals surface area contributed by atoms with Crippen LogP contribution in [0.1, 0.15) is 31.9 Å². The van der Waals surface area contributed by atoms with Crippen molar-refractivity contribution in [3.05, 3.63) is 18.0 Å². The summed E-state index contributed by atoms with van der Waals surface area (Å²) in [7, 11) is 0. The molecule has 2 atom stereocenters. The van der Waals surface area contributed by atoms with E-state index in [1.54, 1.807) is 12.3 Å². The lowest BCUT2D eigenvalue weighted by Crippen LogP contribution is -2.27. The average molecular weight is 282 g/mol. The first kappa shape index (κ1) is 13.5. The summed E-state index contributed by atoms with van der Waals surface area (Å²) in [6.07, 6.45) is 5.41. The van der Waals surface area contributed by atoms with Gasteiger partial charge in [-0.15, -0.1) is 0 Å². The maximum atomic E-state index is 5.58. The van der Waals surface area contributed by atoms with E-state index in [1.165, 1.54) is 19.3 Å². The molecule has 2 rings (SSSR count). The van der Waals surface area contributed by atoms with Gasteiger partial charge in [-0.3, -0.25) is 0 Å². The third kappa shape index (κ3) is 3.32. The Kier molecular flexibility index (Phi) is 4.77. The van der Waals surface area contributed by atoms with E-state index in [1.807, 2.05) is 11.8 Å². The lowest BCUT2D eigenvalue weighted by atomic mass is 10.2. The van der Waals surface area contributed by atoms with E-state index in [0.29, 0.717) is 27.9 Å². The van der Waals surface area contributed by atoms with E-state index < -0.39 is 0 Å². The van der Waals surface area contributed by atoms with Crippen LogP contribution in [0.15, 0.2) is 12.3 Å². The Labute approximate surface area is 117 Å². The minimum absolute atomic E-state index is 0.311. The van der Waals surface area contributed by atoms with Gasteiger partial charge in [0.15, 0.2) is 0 Å². The zero-order valence-electron chi connectivity index (χ0n) is 10.4. The predicted molar refractivity (Wildman–Crippen MR) is 81.1 cm³/mol. The molecule has 1 heterocycles. The zero-order chi connectivity index (χ0) is 13.0. The van der Waals surface area contributed by atoms with Crippen LogP contribution in [0.2, 0.25) is 0 Å². The monoisotopic (exact) mass is 282 g/mol. The summed E-state index contributed by atoms with van der Waals surface area (Å²) in [5, 5.41) is 4.07. The molecule has 0 spiro atoms. The van der Waals surface area contributed by atoms with Crippen molar-refractivity contribution in [2.24, 2.45) is 5.73 Å². The van der Waals surface area contributed by atoms with Gasteiger partial charge in [-0.25, -0.2) is 9.97 Å². The molecule has 6 heteroatoms. The number of hydrogen-bond acceptors (Lipinski definition) is 5. The molecule has 18 heavy (non-hydrogen) atoms. The Bertz CT molecular complexity index is 424. The molecule has 0 radical (unpaired) electrons. The topological polar surface area (TPSA) is 63.8 Å². The van der Waals surface area contributed by atoms with Crippen molar-refractivity contribution in [2.45, 2.75) is 37.5 Å². The van der Waals surface area contributed by atoms with E-state index >= 15 is 0 Å². The molecule has 0 bridgehead atoms. The number of nitrogens with zero attached hydrogens (tertiary/aromatic N) is 2. The maximum absolute atomic E-state index is 5.58. The molecule has 1 aromatic rings. The van der Waals surface area contributed by atoms with Crippen LogP contribution >= 0.6 is 24.0 Å². The summed E-state index contributed by atoms with van der Waals surface area (Å²) in [5.74, 6) is 1.78. The SMILES string of the molecule is CCSC1CCCC1Nc1nccc(C(N)=S)n1. The first-order valence-corrected chi connectivity index (χ1v) is 7.67. The van der Waals surface area contributed by atoms with Gasteiger partial charge < -0.3 is 11.1 Å². The van der Waals surface area contributed by atoms with Crippen LogP contribution in [0.5, 0.6) is 0 Å². The molecule has 0 aromatic carbocycles. The van der Waals surface area contributed by atoms with Crippen LogP contribution in [0.3, 0.4) is 0 Å². The van der Waals surface area contributed by atoms with Gasteiger partial charge in [0.25, 0.3) is 0 Å². The first-order chi connectivity index (χ1) is 8.70. The van der Waals surface area contributed by atoms with Gasteiger partial charge in [0.2, 0.25) is 5.95 Å². The van der Waals surface area contributed by atoms with Gasteiger partial charge in [-0.2, -0.15) is 11.8 Å². The van der Waals surface area contributed by atoms with Crippen LogP contribution in [-0.4, -0.2) is 32.0 Å². The van der Waals surface area contributed by atoms with E-state index in [4.69, 9.17) is 18.0 Å². The zero-order valence-corrected chi connectivity index (χ0v) is 12.1. The van der Waals surface area contributed by atoms with Gasteiger partial charge in [0.1, 0.15) is 10.7 Å². The lowest BCUT2D eigenvalue weighted by molar-refractivity contribution is 0.755. The van der Waals surface area contributed by atoms with Crippen LogP contribution < -0.4 is 11.1 Å². The Morgan fingerprint density at radius 3 is 3.17 bits per heavy atom. The highest BCUT2D eigenvalue weighted by atomic mass is 32.2. The van der Waals surface area contributed by atoms with Crippen molar-refractivity contribution < 1.29 is 0 Å². The molecule has 0 aliphatic heterocycles. The molecular weight excluding hydrogens is 264 g/mol. The van der Waals surface area contributed by atoms with Gasteiger partial charge in [-0.05, 0) is 24.7 Å². The summed E-state index contributed by atoms with van der Waals surface area (Å²) in [6.45, 7) is 2.20. The number of nitrogens with two attached hydrogens (primary N) is 1. The number of thiocarbonyl (C=S) groups is 1. The summed E-state index contributed by atoms with van der Waals surface area (Å²) < 4.78 is 0. The molecule has 4 nitrogen and oxygen atoms in total. The second-order valence-electron chi connectivity index (χ2n) is 4.31. The summed E-state index contributed by atoms with van der Waals surface area (Å²) in [5.41, 5.74) is 6.20. The normalized spacial score (nSPS) is 22.9. The first-order valence-electron chi connectivity index (χ1n) is 6.21. The smallest absolute Gasteiger partial charge is 0.223 e. The maximum Gasteiger partial charge on any atom is 0.223 e. The molecule has 1 aliphatic rings. The van der Waals surface area contributed by atoms with Gasteiger partial charge >= 0.3 is 0 Å². The molecule has 98 valence electrons. The fourth-order valence-electron chi connectivity index (χ4n) is 2.24. The highest BCUT2D eigenvalue weighted by molar-refractivity contribution is 7.99. The third-order valence-corrected chi connectivity index (χ3v) is 4.59. The van der Waals surface area contributed by atoms with Crippen LogP contribution in [0, 0.1) is 0 Å². The van der Waals surface area contributed by atoms with Crippen molar-refractivity contribution in [3.8, 4) is 0 Å². The Morgan fingerprint density at radius 1 is 1.61 bits per heavy atom. The van der Waals surface area contributed by atoms with Crippen molar-refractivity contribution in [3.63, 3.8) is 0 Å². The molecule has 0 amide bonds. The number of nitrogens with one attached hydrogen (secondary N) is 1. The Balaban J connectivity index is 2.04. The Hall–Kier alpha value is -0.880. The second kappa shape index (κ2) is 6.33. The van der Waals surface area contributed by atoms with Crippen molar-refractivity contribution in [1.82, 2.24) is 9.97 Å². The second-order valence-corrected chi connectivity index (χ2v) is 6.26. The predicted octanol–water partition coefficient (Wildman–Crippen LogP) is 2.20. The number of rotatable bonds is 5. The number of aromatic nitrogens is 2. The summed E-state index contributed by atoms with van der Waals surface area (Å²) in [6, 6.07) is 2.19. The van der Waals surface area contributed by atoms with E-state index in [2.05, 4.69) is 22.2 Å². The minimum Gasteiger partial charge on any atom is -0.388 e.